The van der Waals surface area contributed by atoms with Crippen LogP contribution in [0.3, 0.4) is 0 Å². The zero-order valence-electron chi connectivity index (χ0n) is 13.8. The summed E-state index contributed by atoms with van der Waals surface area (Å²) in [4.78, 5) is 1.87. The Labute approximate surface area is 148 Å². The highest BCUT2D eigenvalue weighted by atomic mass is 32.2. The number of anilines is 1. The van der Waals surface area contributed by atoms with Gasteiger partial charge in [-0.1, -0.05) is 6.07 Å². The first kappa shape index (κ1) is 19.1. The summed E-state index contributed by atoms with van der Waals surface area (Å²) in [5.74, 6) is 0.252. The van der Waals surface area contributed by atoms with Crippen molar-refractivity contribution in [2.75, 3.05) is 38.0 Å². The highest BCUT2D eigenvalue weighted by molar-refractivity contribution is 7.91. The Morgan fingerprint density at radius 2 is 1.96 bits per heavy atom. The normalized spacial score (nSPS) is 20.1. The van der Waals surface area contributed by atoms with Crippen LogP contribution in [0, 0.1) is 0 Å². The van der Waals surface area contributed by atoms with Crippen molar-refractivity contribution in [2.24, 2.45) is 0 Å². The van der Waals surface area contributed by atoms with Gasteiger partial charge in [-0.2, -0.15) is 0 Å². The molecule has 0 saturated carbocycles. The van der Waals surface area contributed by atoms with E-state index in [-0.39, 0.29) is 22.4 Å². The molecule has 1 N–H and O–H groups in total. The molecule has 1 saturated heterocycles. The zero-order valence-corrected chi connectivity index (χ0v) is 16.2. The molecule has 0 amide bonds. The number of hydrogen-bond acceptors (Lipinski definition) is 5. The number of sulfonamides is 1. The monoisotopic (exact) mass is 391 g/mol. The molecule has 1 aromatic rings. The largest absolute Gasteiger partial charge is 0.348 e. The summed E-state index contributed by atoms with van der Waals surface area (Å²) < 4.78 is 48.7. The molecule has 1 aliphatic heterocycles. The molecule has 0 aromatic heterocycles. The number of nitrogens with zero attached hydrogens (tertiary/aromatic N) is 2. The summed E-state index contributed by atoms with van der Waals surface area (Å²) >= 11 is 5.32. The lowest BCUT2D eigenvalue weighted by Crippen LogP contribution is -2.40. The lowest BCUT2D eigenvalue weighted by molar-refractivity contribution is 0.402. The van der Waals surface area contributed by atoms with Crippen LogP contribution in [0.4, 0.5) is 5.69 Å². The van der Waals surface area contributed by atoms with E-state index >= 15 is 0 Å². The molecule has 1 aliphatic rings. The van der Waals surface area contributed by atoms with Gasteiger partial charge in [-0.3, -0.25) is 0 Å². The van der Waals surface area contributed by atoms with Crippen LogP contribution in [0.15, 0.2) is 29.2 Å². The van der Waals surface area contributed by atoms with Gasteiger partial charge in [0.15, 0.2) is 14.9 Å². The van der Waals surface area contributed by atoms with Crippen LogP contribution < -0.4 is 5.32 Å². The van der Waals surface area contributed by atoms with Crippen molar-refractivity contribution in [2.45, 2.75) is 17.4 Å². The van der Waals surface area contributed by atoms with Crippen molar-refractivity contribution in [3.63, 3.8) is 0 Å². The van der Waals surface area contributed by atoms with E-state index in [4.69, 9.17) is 12.2 Å². The molecule has 0 radical (unpaired) electrons. The first-order valence-electron chi connectivity index (χ1n) is 7.30. The molecule has 0 spiro atoms. The molecule has 134 valence electrons. The van der Waals surface area contributed by atoms with Crippen molar-refractivity contribution in [3.8, 4) is 0 Å². The van der Waals surface area contributed by atoms with Crippen LogP contribution in [-0.4, -0.2) is 69.8 Å². The second-order valence-electron chi connectivity index (χ2n) is 5.91. The Hall–Kier alpha value is -1.23. The average Bonchev–Trinajstić information content (AvgIpc) is 2.86. The quantitative estimate of drug-likeness (QED) is 0.758. The van der Waals surface area contributed by atoms with Crippen molar-refractivity contribution < 1.29 is 16.8 Å². The Bertz CT molecular complexity index is 835. The summed E-state index contributed by atoms with van der Waals surface area (Å²) in [5.41, 5.74) is 0.538. The van der Waals surface area contributed by atoms with Crippen molar-refractivity contribution >= 4 is 42.9 Å². The third-order valence-electron chi connectivity index (χ3n) is 3.94. The molecule has 0 bridgehead atoms. The van der Waals surface area contributed by atoms with E-state index in [0.717, 1.165) is 4.31 Å². The maximum absolute atomic E-state index is 12.2. The first-order valence-corrected chi connectivity index (χ1v) is 11.0. The molecule has 0 aliphatic carbocycles. The fraction of sp³-hybridized carbons (Fsp3) is 0.500. The van der Waals surface area contributed by atoms with Crippen molar-refractivity contribution in [1.29, 1.82) is 0 Å². The lowest BCUT2D eigenvalue weighted by Gasteiger charge is -2.26. The second kappa shape index (κ2) is 6.95. The number of thiocarbonyl (C=S) groups is 1. The molecule has 2 rings (SSSR count). The molecule has 24 heavy (non-hydrogen) atoms. The number of rotatable bonds is 4. The zero-order chi connectivity index (χ0) is 18.1. The minimum atomic E-state index is -3.53. The van der Waals surface area contributed by atoms with Crippen LogP contribution >= 0.6 is 12.2 Å². The fourth-order valence-corrected chi connectivity index (χ4v) is 5.39. The molecule has 1 fully saturated rings. The summed E-state index contributed by atoms with van der Waals surface area (Å²) in [6.45, 7) is 0. The van der Waals surface area contributed by atoms with Gasteiger partial charge in [-0.25, -0.2) is 21.1 Å². The van der Waals surface area contributed by atoms with E-state index in [9.17, 15) is 16.8 Å². The van der Waals surface area contributed by atoms with Crippen LogP contribution in [0.25, 0.3) is 0 Å². The lowest BCUT2D eigenvalue weighted by atomic mass is 10.2. The van der Waals surface area contributed by atoms with Crippen molar-refractivity contribution in [3.05, 3.63) is 24.3 Å². The van der Waals surface area contributed by atoms with E-state index in [1.807, 2.05) is 0 Å². The maximum atomic E-state index is 12.2. The molecule has 10 heteroatoms. The third-order valence-corrected chi connectivity index (χ3v) is 7.89. The molecule has 7 nitrogen and oxygen atoms in total. The number of sulfone groups is 1. The molecular formula is C14H21N3O4S3. The van der Waals surface area contributed by atoms with E-state index in [1.165, 1.54) is 26.2 Å². The third kappa shape index (κ3) is 4.24. The van der Waals surface area contributed by atoms with Gasteiger partial charge in [0.25, 0.3) is 0 Å². The van der Waals surface area contributed by atoms with Gasteiger partial charge in [0.05, 0.1) is 16.4 Å². The van der Waals surface area contributed by atoms with Crippen LogP contribution in [0.5, 0.6) is 0 Å². The fourth-order valence-electron chi connectivity index (χ4n) is 2.40. The van der Waals surface area contributed by atoms with E-state index in [1.54, 1.807) is 24.1 Å². The van der Waals surface area contributed by atoms with Crippen molar-refractivity contribution in [1.82, 2.24) is 9.21 Å². The SMILES string of the molecule is CN(C(=S)Nc1cccc(S(=O)(=O)N(C)C)c1)[C@H]1CCS(=O)(=O)C1. The van der Waals surface area contributed by atoms with Gasteiger partial charge >= 0.3 is 0 Å². The standard InChI is InChI=1S/C14H21N3O4S3/c1-16(2)24(20,21)13-6-4-5-11(9-13)15-14(22)17(3)12-7-8-23(18,19)10-12/h4-6,9,12H,7-8,10H2,1-3H3,(H,15,22)/t12-/m0/s1. The van der Waals surface area contributed by atoms with E-state index < -0.39 is 19.9 Å². The summed E-state index contributed by atoms with van der Waals surface area (Å²) in [5, 5.41) is 3.33. The topological polar surface area (TPSA) is 86.8 Å². The number of benzene rings is 1. The van der Waals surface area contributed by atoms with Gasteiger partial charge in [-0.05, 0) is 36.8 Å². The summed E-state index contributed by atoms with van der Waals surface area (Å²) in [7, 11) is -1.86. The molecular weight excluding hydrogens is 370 g/mol. The summed E-state index contributed by atoms with van der Waals surface area (Å²) in [6.07, 6.45) is 0.537. The van der Waals surface area contributed by atoms with E-state index in [2.05, 4.69) is 5.32 Å². The smallest absolute Gasteiger partial charge is 0.242 e. The predicted octanol–water partition coefficient (Wildman–Crippen LogP) is 0.753. The molecule has 1 aromatic carbocycles. The van der Waals surface area contributed by atoms with Gasteiger partial charge < -0.3 is 10.2 Å². The summed E-state index contributed by atoms with van der Waals surface area (Å²) in [6, 6.07) is 6.18. The van der Waals surface area contributed by atoms with E-state index in [0.29, 0.717) is 17.2 Å². The maximum Gasteiger partial charge on any atom is 0.242 e. The number of hydrogen-bond donors (Lipinski definition) is 1. The Morgan fingerprint density at radius 1 is 1.29 bits per heavy atom. The second-order valence-corrected chi connectivity index (χ2v) is 10.7. The highest BCUT2D eigenvalue weighted by Gasteiger charge is 2.31. The Balaban J connectivity index is 2.13. The molecule has 0 unspecified atom stereocenters. The van der Waals surface area contributed by atoms with Crippen LogP contribution in [0.2, 0.25) is 0 Å². The number of nitrogens with one attached hydrogen (secondary N) is 1. The predicted molar refractivity (Wildman–Crippen MR) is 98.4 cm³/mol. The molecule has 1 heterocycles. The van der Waals surface area contributed by atoms with Gasteiger partial charge in [0.2, 0.25) is 10.0 Å². The average molecular weight is 392 g/mol. The first-order chi connectivity index (χ1) is 11.0. The molecule has 1 atom stereocenters. The van der Waals surface area contributed by atoms with Gasteiger partial charge in [0.1, 0.15) is 0 Å². The minimum absolute atomic E-state index is 0.0837. The Kier molecular flexibility index (Phi) is 5.53. The minimum Gasteiger partial charge on any atom is -0.348 e. The van der Waals surface area contributed by atoms with Crippen LogP contribution in [0.1, 0.15) is 6.42 Å². The van der Waals surface area contributed by atoms with Gasteiger partial charge in [-0.15, -0.1) is 0 Å². The van der Waals surface area contributed by atoms with Gasteiger partial charge in [0, 0.05) is 32.9 Å². The highest BCUT2D eigenvalue weighted by Crippen LogP contribution is 2.20. The Morgan fingerprint density at radius 3 is 2.50 bits per heavy atom. The van der Waals surface area contributed by atoms with Crippen LogP contribution in [-0.2, 0) is 19.9 Å².